The first-order chi connectivity index (χ1) is 10.7. The van der Waals surface area contributed by atoms with Crippen LogP contribution in [0.4, 0.5) is 5.13 Å². The van der Waals surface area contributed by atoms with Crippen molar-refractivity contribution in [1.29, 1.82) is 0 Å². The number of aryl methyl sites for hydroxylation is 2. The van der Waals surface area contributed by atoms with Gasteiger partial charge in [-0.25, -0.2) is 4.98 Å². The lowest BCUT2D eigenvalue weighted by molar-refractivity contribution is -0.117. The third-order valence-electron chi connectivity index (χ3n) is 4.82. The highest BCUT2D eigenvalue weighted by atomic mass is 32.1. The second-order valence-corrected chi connectivity index (χ2v) is 7.40. The normalized spacial score (nSPS) is 23.0. The molecule has 2 aliphatic carbocycles. The molecule has 3 nitrogen and oxygen atoms in total. The highest BCUT2D eigenvalue weighted by Crippen LogP contribution is 2.39. The summed E-state index contributed by atoms with van der Waals surface area (Å²) in [6, 6.07) is 6.68. The molecule has 2 aromatic rings. The fourth-order valence-electron chi connectivity index (χ4n) is 3.24. The van der Waals surface area contributed by atoms with Gasteiger partial charge in [0.1, 0.15) is 0 Å². The van der Waals surface area contributed by atoms with Gasteiger partial charge < -0.3 is 5.32 Å². The number of carbonyl (C=O) groups excluding carboxylic acids is 1. The number of nitrogens with zero attached hydrogens (tertiary/aromatic N) is 1. The minimum absolute atomic E-state index is 0.124. The second-order valence-electron chi connectivity index (χ2n) is 6.54. The summed E-state index contributed by atoms with van der Waals surface area (Å²) in [7, 11) is 0. The molecule has 2 aliphatic rings. The van der Waals surface area contributed by atoms with Crippen molar-refractivity contribution in [2.45, 2.75) is 39.0 Å². The van der Waals surface area contributed by atoms with Crippen molar-refractivity contribution < 1.29 is 4.79 Å². The van der Waals surface area contributed by atoms with Crippen LogP contribution in [0.1, 0.15) is 37.3 Å². The van der Waals surface area contributed by atoms with E-state index >= 15 is 0 Å². The van der Waals surface area contributed by atoms with E-state index in [1.54, 1.807) is 0 Å². The number of aromatic nitrogens is 1. The van der Waals surface area contributed by atoms with E-state index in [1.165, 1.54) is 48.1 Å². The molecular weight excluding hydrogens is 292 g/mol. The van der Waals surface area contributed by atoms with E-state index < -0.39 is 0 Å². The zero-order chi connectivity index (χ0) is 15.1. The summed E-state index contributed by atoms with van der Waals surface area (Å²) in [5.41, 5.74) is 5.09. The number of carbonyl (C=O) groups is 1. The molecule has 0 saturated heterocycles. The average molecular weight is 312 g/mol. The molecule has 22 heavy (non-hydrogen) atoms. The Hall–Kier alpha value is -1.68. The van der Waals surface area contributed by atoms with Crippen molar-refractivity contribution in [2.75, 3.05) is 5.32 Å². The molecule has 1 N–H and O–H groups in total. The Balaban J connectivity index is 1.52. The van der Waals surface area contributed by atoms with Crippen molar-refractivity contribution in [1.82, 2.24) is 4.98 Å². The molecule has 1 amide bonds. The van der Waals surface area contributed by atoms with E-state index in [0.29, 0.717) is 5.92 Å². The summed E-state index contributed by atoms with van der Waals surface area (Å²) < 4.78 is 0. The number of benzene rings is 1. The van der Waals surface area contributed by atoms with Gasteiger partial charge in [0, 0.05) is 16.9 Å². The fourth-order valence-corrected chi connectivity index (χ4v) is 3.96. The van der Waals surface area contributed by atoms with E-state index in [4.69, 9.17) is 0 Å². The lowest BCUT2D eigenvalue weighted by Gasteiger charge is -2.16. The van der Waals surface area contributed by atoms with Crippen LogP contribution in [0, 0.1) is 11.8 Å². The van der Waals surface area contributed by atoms with Gasteiger partial charge in [-0.15, -0.1) is 11.3 Å². The standard InChI is InChI=1S/C18H20N2OS/c1-11-8-15(11)17(21)20-18-19-16(10-22-18)14-7-6-12-4-2-3-5-13(12)9-14/h6-7,9-11,15H,2-5,8H2,1H3,(H,19,20,21)/t11-,15-/m0/s1. The summed E-state index contributed by atoms with van der Waals surface area (Å²) in [6.07, 6.45) is 5.98. The van der Waals surface area contributed by atoms with E-state index in [9.17, 15) is 4.79 Å². The van der Waals surface area contributed by atoms with Crippen LogP contribution >= 0.6 is 11.3 Å². The van der Waals surface area contributed by atoms with Crippen LogP contribution in [0.15, 0.2) is 23.6 Å². The summed E-state index contributed by atoms with van der Waals surface area (Å²) in [6.45, 7) is 2.12. The molecule has 0 bridgehead atoms. The van der Waals surface area contributed by atoms with Gasteiger partial charge in [0.05, 0.1) is 5.69 Å². The maximum absolute atomic E-state index is 12.0. The number of hydrogen-bond donors (Lipinski definition) is 1. The number of hydrogen-bond acceptors (Lipinski definition) is 3. The topological polar surface area (TPSA) is 42.0 Å². The summed E-state index contributed by atoms with van der Waals surface area (Å²) in [4.78, 5) is 16.6. The summed E-state index contributed by atoms with van der Waals surface area (Å²) in [5.74, 6) is 0.843. The molecule has 1 fully saturated rings. The molecule has 2 atom stereocenters. The first-order valence-corrected chi connectivity index (χ1v) is 8.97. The largest absolute Gasteiger partial charge is 0.302 e. The predicted octanol–water partition coefficient (Wildman–Crippen LogP) is 4.28. The lowest BCUT2D eigenvalue weighted by atomic mass is 9.90. The fraction of sp³-hybridized carbons (Fsp3) is 0.444. The lowest BCUT2D eigenvalue weighted by Crippen LogP contribution is -2.14. The SMILES string of the molecule is C[C@H]1C[C@@H]1C(=O)Nc1nc(-c2ccc3c(c2)CCCC3)cs1. The molecule has 1 aromatic heterocycles. The van der Waals surface area contributed by atoms with Gasteiger partial charge in [-0.05, 0) is 55.2 Å². The molecule has 1 aromatic carbocycles. The summed E-state index contributed by atoms with van der Waals surface area (Å²) >= 11 is 1.51. The molecule has 4 rings (SSSR count). The molecule has 114 valence electrons. The maximum atomic E-state index is 12.0. The molecule has 1 heterocycles. The monoisotopic (exact) mass is 312 g/mol. The molecule has 0 radical (unpaired) electrons. The van der Waals surface area contributed by atoms with Crippen LogP contribution in [0.3, 0.4) is 0 Å². The molecule has 4 heteroatoms. The molecule has 1 saturated carbocycles. The van der Waals surface area contributed by atoms with Crippen LogP contribution in [0.2, 0.25) is 0 Å². The number of amides is 1. The Morgan fingerprint density at radius 2 is 2.05 bits per heavy atom. The number of thiazole rings is 1. The predicted molar refractivity (Wildman–Crippen MR) is 90.1 cm³/mol. The minimum atomic E-state index is 0.124. The number of rotatable bonds is 3. The third-order valence-corrected chi connectivity index (χ3v) is 5.58. The van der Waals surface area contributed by atoms with Gasteiger partial charge >= 0.3 is 0 Å². The van der Waals surface area contributed by atoms with E-state index in [2.05, 4.69) is 35.4 Å². The van der Waals surface area contributed by atoms with Gasteiger partial charge in [-0.3, -0.25) is 4.79 Å². The van der Waals surface area contributed by atoms with Crippen molar-refractivity contribution in [2.24, 2.45) is 11.8 Å². The van der Waals surface area contributed by atoms with E-state index in [0.717, 1.165) is 22.8 Å². The van der Waals surface area contributed by atoms with Crippen LogP contribution in [-0.2, 0) is 17.6 Å². The van der Waals surface area contributed by atoms with Crippen molar-refractivity contribution in [3.8, 4) is 11.3 Å². The zero-order valence-electron chi connectivity index (χ0n) is 12.8. The third kappa shape index (κ3) is 2.68. The highest BCUT2D eigenvalue weighted by molar-refractivity contribution is 7.14. The van der Waals surface area contributed by atoms with Crippen LogP contribution < -0.4 is 5.32 Å². The Morgan fingerprint density at radius 1 is 1.27 bits per heavy atom. The van der Waals surface area contributed by atoms with Gasteiger partial charge in [-0.1, -0.05) is 19.1 Å². The van der Waals surface area contributed by atoms with Gasteiger partial charge in [0.15, 0.2) is 5.13 Å². The van der Waals surface area contributed by atoms with Crippen molar-refractivity contribution in [3.63, 3.8) is 0 Å². The van der Waals surface area contributed by atoms with E-state index in [-0.39, 0.29) is 11.8 Å². The van der Waals surface area contributed by atoms with Crippen LogP contribution in [0.25, 0.3) is 11.3 Å². The molecular formula is C18H20N2OS. The molecule has 0 spiro atoms. The van der Waals surface area contributed by atoms with Crippen LogP contribution in [0.5, 0.6) is 0 Å². The maximum Gasteiger partial charge on any atom is 0.229 e. The number of anilines is 1. The second kappa shape index (κ2) is 5.51. The highest BCUT2D eigenvalue weighted by Gasteiger charge is 2.39. The number of nitrogens with one attached hydrogen (secondary N) is 1. The van der Waals surface area contributed by atoms with E-state index in [1.807, 2.05) is 5.38 Å². The average Bonchev–Trinajstić information content (AvgIpc) is 3.09. The first kappa shape index (κ1) is 13.9. The Morgan fingerprint density at radius 3 is 2.82 bits per heavy atom. The van der Waals surface area contributed by atoms with Gasteiger partial charge in [0.2, 0.25) is 5.91 Å². The Bertz CT molecular complexity index is 722. The summed E-state index contributed by atoms with van der Waals surface area (Å²) in [5, 5.41) is 5.71. The van der Waals surface area contributed by atoms with Crippen molar-refractivity contribution in [3.05, 3.63) is 34.7 Å². The Kier molecular flexibility index (Phi) is 3.49. The quantitative estimate of drug-likeness (QED) is 0.919. The molecule has 0 unspecified atom stereocenters. The first-order valence-electron chi connectivity index (χ1n) is 8.09. The molecule has 0 aliphatic heterocycles. The van der Waals surface area contributed by atoms with Gasteiger partial charge in [-0.2, -0.15) is 0 Å². The van der Waals surface area contributed by atoms with Crippen molar-refractivity contribution >= 4 is 22.4 Å². The smallest absolute Gasteiger partial charge is 0.229 e. The number of fused-ring (bicyclic) bond motifs is 1. The minimum Gasteiger partial charge on any atom is -0.302 e. The van der Waals surface area contributed by atoms with Crippen LogP contribution in [-0.4, -0.2) is 10.9 Å². The van der Waals surface area contributed by atoms with Gasteiger partial charge in [0.25, 0.3) is 0 Å². The Labute approximate surface area is 134 Å². The zero-order valence-corrected chi connectivity index (χ0v) is 13.6.